The van der Waals surface area contributed by atoms with Crippen LogP contribution in [-0.2, 0) is 4.79 Å². The standard InChI is InChI=1S/C17H23FN4O4/c18-14-9-8-13(11-15(14)22(25)26)20-16(23)7-4-10-19-17(24)21-12-5-2-1-3-6-12/h8-9,11-12H,1-7,10H2,(H,20,23)(H2,19,21,24). The van der Waals surface area contributed by atoms with E-state index in [4.69, 9.17) is 0 Å². The zero-order valence-corrected chi connectivity index (χ0v) is 14.4. The Balaban J connectivity index is 1.66. The Morgan fingerprint density at radius 2 is 1.96 bits per heavy atom. The van der Waals surface area contributed by atoms with Gasteiger partial charge in [-0.05, 0) is 31.4 Å². The number of anilines is 1. The first-order valence-corrected chi connectivity index (χ1v) is 8.74. The second-order valence-corrected chi connectivity index (χ2v) is 6.31. The zero-order valence-electron chi connectivity index (χ0n) is 14.4. The summed E-state index contributed by atoms with van der Waals surface area (Å²) in [5, 5.41) is 18.8. The van der Waals surface area contributed by atoms with Gasteiger partial charge < -0.3 is 16.0 Å². The molecule has 0 spiro atoms. The van der Waals surface area contributed by atoms with Crippen LogP contribution in [0.1, 0.15) is 44.9 Å². The third-order valence-corrected chi connectivity index (χ3v) is 4.23. The third kappa shape index (κ3) is 6.30. The van der Waals surface area contributed by atoms with Crippen LogP contribution in [0.2, 0.25) is 0 Å². The number of carbonyl (C=O) groups excluding carboxylic acids is 2. The number of halogens is 1. The molecule has 0 radical (unpaired) electrons. The van der Waals surface area contributed by atoms with Crippen LogP contribution in [0.3, 0.4) is 0 Å². The van der Waals surface area contributed by atoms with Crippen molar-refractivity contribution >= 4 is 23.3 Å². The van der Waals surface area contributed by atoms with Crippen molar-refractivity contribution in [2.24, 2.45) is 0 Å². The van der Waals surface area contributed by atoms with Crippen LogP contribution >= 0.6 is 0 Å². The number of rotatable bonds is 7. The van der Waals surface area contributed by atoms with Gasteiger partial charge in [0.1, 0.15) is 0 Å². The van der Waals surface area contributed by atoms with Crippen LogP contribution in [0.25, 0.3) is 0 Å². The molecule has 1 aromatic carbocycles. The highest BCUT2D eigenvalue weighted by Gasteiger charge is 2.16. The molecule has 26 heavy (non-hydrogen) atoms. The quantitative estimate of drug-likeness (QED) is 0.391. The van der Waals surface area contributed by atoms with Gasteiger partial charge in [0.05, 0.1) is 4.92 Å². The number of nitro groups is 1. The number of benzene rings is 1. The van der Waals surface area contributed by atoms with Crippen molar-refractivity contribution in [2.75, 3.05) is 11.9 Å². The lowest BCUT2D eigenvalue weighted by Gasteiger charge is -2.22. The Morgan fingerprint density at radius 3 is 2.65 bits per heavy atom. The van der Waals surface area contributed by atoms with Crippen molar-refractivity contribution in [2.45, 2.75) is 51.0 Å². The summed E-state index contributed by atoms with van der Waals surface area (Å²) in [4.78, 5) is 33.4. The van der Waals surface area contributed by atoms with Crippen molar-refractivity contribution < 1.29 is 18.9 Å². The Labute approximate surface area is 150 Å². The fourth-order valence-electron chi connectivity index (χ4n) is 2.89. The molecule has 0 unspecified atom stereocenters. The Hall–Kier alpha value is -2.71. The van der Waals surface area contributed by atoms with Crippen molar-refractivity contribution in [3.63, 3.8) is 0 Å². The van der Waals surface area contributed by atoms with Crippen LogP contribution in [-0.4, -0.2) is 29.4 Å². The molecule has 0 aromatic heterocycles. The lowest BCUT2D eigenvalue weighted by Crippen LogP contribution is -2.43. The second-order valence-electron chi connectivity index (χ2n) is 6.31. The van der Waals surface area contributed by atoms with Gasteiger partial charge in [0.25, 0.3) is 0 Å². The first kappa shape index (κ1) is 19.6. The average Bonchev–Trinajstić information content (AvgIpc) is 2.61. The summed E-state index contributed by atoms with van der Waals surface area (Å²) in [7, 11) is 0. The molecule has 142 valence electrons. The van der Waals surface area contributed by atoms with Gasteiger partial charge in [-0.1, -0.05) is 19.3 Å². The highest BCUT2D eigenvalue weighted by Crippen LogP contribution is 2.21. The minimum absolute atomic E-state index is 0.134. The van der Waals surface area contributed by atoms with Crippen LogP contribution in [0.15, 0.2) is 18.2 Å². The van der Waals surface area contributed by atoms with E-state index in [9.17, 15) is 24.1 Å². The van der Waals surface area contributed by atoms with Gasteiger partial charge in [-0.25, -0.2) is 4.79 Å². The first-order chi connectivity index (χ1) is 12.5. The van der Waals surface area contributed by atoms with Gasteiger partial charge in [0, 0.05) is 30.8 Å². The summed E-state index contributed by atoms with van der Waals surface area (Å²) in [5.74, 6) is -1.32. The van der Waals surface area contributed by atoms with E-state index >= 15 is 0 Å². The van der Waals surface area contributed by atoms with Crippen molar-refractivity contribution in [1.29, 1.82) is 0 Å². The fraction of sp³-hybridized carbons (Fsp3) is 0.529. The minimum atomic E-state index is -0.957. The van der Waals surface area contributed by atoms with Gasteiger partial charge in [-0.15, -0.1) is 0 Å². The summed E-state index contributed by atoms with van der Waals surface area (Å²) >= 11 is 0. The van der Waals surface area contributed by atoms with Crippen LogP contribution in [0.5, 0.6) is 0 Å². The van der Waals surface area contributed by atoms with E-state index in [1.54, 1.807) is 0 Å². The van der Waals surface area contributed by atoms with Crippen molar-refractivity contribution in [1.82, 2.24) is 10.6 Å². The van der Waals surface area contributed by atoms with E-state index in [0.717, 1.165) is 37.8 Å². The van der Waals surface area contributed by atoms with Gasteiger partial charge in [0.15, 0.2) is 0 Å². The molecule has 0 bridgehead atoms. The number of urea groups is 1. The van der Waals surface area contributed by atoms with Crippen LogP contribution in [0.4, 0.5) is 20.6 Å². The molecular formula is C17H23FN4O4. The molecule has 3 N–H and O–H groups in total. The molecule has 9 heteroatoms. The maximum absolute atomic E-state index is 13.2. The van der Waals surface area contributed by atoms with E-state index in [2.05, 4.69) is 16.0 Å². The molecule has 0 atom stereocenters. The summed E-state index contributed by atoms with van der Waals surface area (Å²) in [5.41, 5.74) is -0.532. The number of nitrogens with zero attached hydrogens (tertiary/aromatic N) is 1. The molecular weight excluding hydrogens is 343 g/mol. The van der Waals surface area contributed by atoms with E-state index < -0.39 is 16.4 Å². The van der Waals surface area contributed by atoms with E-state index in [-0.39, 0.29) is 30.1 Å². The highest BCUT2D eigenvalue weighted by atomic mass is 19.1. The van der Waals surface area contributed by atoms with E-state index in [0.29, 0.717) is 13.0 Å². The molecule has 1 aliphatic rings. The molecule has 1 saturated carbocycles. The van der Waals surface area contributed by atoms with E-state index in [1.165, 1.54) is 12.5 Å². The van der Waals surface area contributed by atoms with Crippen LogP contribution < -0.4 is 16.0 Å². The maximum Gasteiger partial charge on any atom is 0.315 e. The summed E-state index contributed by atoms with van der Waals surface area (Å²) in [6.45, 7) is 0.343. The predicted molar refractivity (Wildman–Crippen MR) is 94.3 cm³/mol. The largest absolute Gasteiger partial charge is 0.338 e. The van der Waals surface area contributed by atoms with Crippen LogP contribution in [0, 0.1) is 15.9 Å². The topological polar surface area (TPSA) is 113 Å². The number of nitro benzene ring substituents is 1. The number of hydrogen-bond donors (Lipinski definition) is 3. The minimum Gasteiger partial charge on any atom is -0.338 e. The van der Waals surface area contributed by atoms with Gasteiger partial charge in [-0.2, -0.15) is 4.39 Å². The second kappa shape index (κ2) is 9.69. The monoisotopic (exact) mass is 366 g/mol. The molecule has 3 amide bonds. The highest BCUT2D eigenvalue weighted by molar-refractivity contribution is 5.91. The van der Waals surface area contributed by atoms with Crippen molar-refractivity contribution in [3.8, 4) is 0 Å². The third-order valence-electron chi connectivity index (χ3n) is 4.23. The molecule has 1 aliphatic carbocycles. The molecule has 1 aromatic rings. The number of carbonyl (C=O) groups is 2. The van der Waals surface area contributed by atoms with Crippen molar-refractivity contribution in [3.05, 3.63) is 34.1 Å². The lowest BCUT2D eigenvalue weighted by molar-refractivity contribution is -0.387. The SMILES string of the molecule is O=C(CCCNC(=O)NC1CCCCC1)Nc1ccc(F)c([N+](=O)[O-])c1. The molecule has 0 heterocycles. The Bertz CT molecular complexity index is 662. The molecule has 1 fully saturated rings. The van der Waals surface area contributed by atoms with Gasteiger partial charge in [0.2, 0.25) is 11.7 Å². The number of nitrogens with one attached hydrogen (secondary N) is 3. The maximum atomic E-state index is 13.2. The summed E-state index contributed by atoms with van der Waals surface area (Å²) in [6.07, 6.45) is 6.03. The zero-order chi connectivity index (χ0) is 18.9. The van der Waals surface area contributed by atoms with Gasteiger partial charge >= 0.3 is 11.7 Å². The normalized spacial score (nSPS) is 14.5. The summed E-state index contributed by atoms with van der Waals surface area (Å²) < 4.78 is 13.2. The smallest absolute Gasteiger partial charge is 0.315 e. The first-order valence-electron chi connectivity index (χ1n) is 8.74. The molecule has 8 nitrogen and oxygen atoms in total. The molecule has 0 aliphatic heterocycles. The Morgan fingerprint density at radius 1 is 1.23 bits per heavy atom. The predicted octanol–water partition coefficient (Wildman–Crippen LogP) is 3.08. The summed E-state index contributed by atoms with van der Waals surface area (Å²) in [6, 6.07) is 3.16. The molecule has 2 rings (SSSR count). The number of amides is 3. The molecule has 0 saturated heterocycles. The van der Waals surface area contributed by atoms with Gasteiger partial charge in [-0.3, -0.25) is 14.9 Å². The Kier molecular flexibility index (Phi) is 7.31. The average molecular weight is 366 g/mol. The lowest BCUT2D eigenvalue weighted by atomic mass is 9.96. The fourth-order valence-corrected chi connectivity index (χ4v) is 2.89. The number of hydrogen-bond acceptors (Lipinski definition) is 4. The van der Waals surface area contributed by atoms with E-state index in [1.807, 2.05) is 0 Å².